The fourth-order valence-electron chi connectivity index (χ4n) is 1.30. The maximum Gasteiger partial charge on any atom is 0.0730 e. The Morgan fingerprint density at radius 2 is 2.33 bits per heavy atom. The normalized spacial score (nSPS) is 10.2. The maximum absolute atomic E-state index is 5.18. The number of nitrogens with one attached hydrogen (secondary N) is 1. The minimum atomic E-state index is 0.894. The summed E-state index contributed by atoms with van der Waals surface area (Å²) in [5.41, 5.74) is 1.32. The molecule has 1 heterocycles. The predicted octanol–water partition coefficient (Wildman–Crippen LogP) is 3.71. The van der Waals surface area contributed by atoms with Crippen LogP contribution < -0.4 is 5.32 Å². The molecule has 0 fully saturated rings. The zero-order valence-corrected chi connectivity index (χ0v) is 11.4. The average molecular weight is 286 g/mol. The monoisotopic (exact) mass is 285 g/mol. The van der Waals surface area contributed by atoms with Gasteiger partial charge < -0.3 is 5.32 Å². The van der Waals surface area contributed by atoms with E-state index in [9.17, 15) is 0 Å². The molecular formula is C12H16BrNS. The molecule has 0 bridgehead atoms. The summed E-state index contributed by atoms with van der Waals surface area (Å²) in [7, 11) is 0. The number of hydrogen-bond acceptors (Lipinski definition) is 2. The van der Waals surface area contributed by atoms with Gasteiger partial charge in [0.1, 0.15) is 0 Å². The molecule has 1 aromatic heterocycles. The van der Waals surface area contributed by atoms with Crippen LogP contribution in [0, 0.1) is 19.3 Å². The highest BCUT2D eigenvalue weighted by Gasteiger charge is 2.01. The van der Waals surface area contributed by atoms with E-state index in [-0.39, 0.29) is 0 Å². The van der Waals surface area contributed by atoms with Gasteiger partial charge in [0, 0.05) is 17.8 Å². The van der Waals surface area contributed by atoms with E-state index in [1.165, 1.54) is 14.2 Å². The summed E-state index contributed by atoms with van der Waals surface area (Å²) in [6, 6.07) is 2.23. The second-order valence-corrected chi connectivity index (χ2v) is 5.96. The first-order valence-corrected chi connectivity index (χ1v) is 6.74. The van der Waals surface area contributed by atoms with Crippen LogP contribution in [0.25, 0.3) is 0 Å². The van der Waals surface area contributed by atoms with Crippen LogP contribution >= 0.6 is 27.3 Å². The van der Waals surface area contributed by atoms with Crippen molar-refractivity contribution in [3.63, 3.8) is 0 Å². The molecule has 3 heteroatoms. The average Bonchev–Trinajstić information content (AvgIpc) is 2.52. The van der Waals surface area contributed by atoms with E-state index >= 15 is 0 Å². The third-order valence-corrected chi connectivity index (χ3v) is 4.27. The van der Waals surface area contributed by atoms with Crippen molar-refractivity contribution in [3.8, 4) is 12.3 Å². The molecule has 0 aromatic carbocycles. The fourth-order valence-corrected chi connectivity index (χ4v) is 2.90. The molecular weight excluding hydrogens is 270 g/mol. The molecule has 1 nitrogen and oxygen atoms in total. The molecule has 0 unspecified atom stereocenters. The van der Waals surface area contributed by atoms with Crippen molar-refractivity contribution in [1.82, 2.24) is 5.32 Å². The summed E-state index contributed by atoms with van der Waals surface area (Å²) in [6.07, 6.45) is 8.36. The van der Waals surface area contributed by atoms with Crippen LogP contribution in [-0.4, -0.2) is 6.54 Å². The SMILES string of the molecule is C#CCCCCNCc1cc(C)c(Br)s1. The van der Waals surface area contributed by atoms with E-state index in [0.717, 1.165) is 32.4 Å². The van der Waals surface area contributed by atoms with E-state index in [0.29, 0.717) is 0 Å². The molecule has 1 rings (SSSR count). The zero-order valence-electron chi connectivity index (χ0n) is 8.98. The lowest BCUT2D eigenvalue weighted by Gasteiger charge is -2.01. The number of halogens is 1. The van der Waals surface area contributed by atoms with E-state index < -0.39 is 0 Å². The number of unbranched alkanes of at least 4 members (excludes halogenated alkanes) is 2. The molecule has 15 heavy (non-hydrogen) atoms. The van der Waals surface area contributed by atoms with E-state index in [1.807, 2.05) is 0 Å². The van der Waals surface area contributed by atoms with Gasteiger partial charge in [0.15, 0.2) is 0 Å². The Morgan fingerprint density at radius 1 is 1.53 bits per heavy atom. The molecule has 0 saturated heterocycles. The second-order valence-electron chi connectivity index (χ2n) is 3.51. The van der Waals surface area contributed by atoms with Crippen molar-refractivity contribution in [2.24, 2.45) is 0 Å². The highest BCUT2D eigenvalue weighted by Crippen LogP contribution is 2.26. The van der Waals surface area contributed by atoms with Crippen molar-refractivity contribution < 1.29 is 0 Å². The van der Waals surface area contributed by atoms with E-state index in [2.05, 4.69) is 40.2 Å². The molecule has 0 aliphatic carbocycles. The van der Waals surface area contributed by atoms with Crippen LogP contribution in [0.3, 0.4) is 0 Å². The van der Waals surface area contributed by atoms with Gasteiger partial charge in [-0.1, -0.05) is 0 Å². The lowest BCUT2D eigenvalue weighted by atomic mass is 10.2. The minimum absolute atomic E-state index is 0.894. The van der Waals surface area contributed by atoms with Gasteiger partial charge in [-0.05, 0) is 53.9 Å². The van der Waals surface area contributed by atoms with Crippen LogP contribution in [0.5, 0.6) is 0 Å². The van der Waals surface area contributed by atoms with E-state index in [4.69, 9.17) is 6.42 Å². The number of aryl methyl sites for hydroxylation is 1. The number of thiophene rings is 1. The third kappa shape index (κ3) is 4.83. The Hall–Kier alpha value is -0.300. The largest absolute Gasteiger partial charge is 0.312 e. The smallest absolute Gasteiger partial charge is 0.0730 e. The molecule has 0 saturated carbocycles. The third-order valence-electron chi connectivity index (χ3n) is 2.13. The molecule has 1 N–H and O–H groups in total. The molecule has 1 aromatic rings. The molecule has 0 amide bonds. The van der Waals surface area contributed by atoms with Gasteiger partial charge in [-0.25, -0.2) is 0 Å². The van der Waals surface area contributed by atoms with Crippen LogP contribution in [0.1, 0.15) is 29.7 Å². The quantitative estimate of drug-likeness (QED) is 0.621. The van der Waals surface area contributed by atoms with Gasteiger partial charge in [0.05, 0.1) is 3.79 Å². The van der Waals surface area contributed by atoms with Crippen LogP contribution in [0.15, 0.2) is 9.85 Å². The summed E-state index contributed by atoms with van der Waals surface area (Å²) < 4.78 is 1.24. The van der Waals surface area contributed by atoms with Gasteiger partial charge in [-0.3, -0.25) is 0 Å². The Balaban J connectivity index is 2.13. The summed E-state index contributed by atoms with van der Waals surface area (Å²) >= 11 is 5.33. The number of terminal acetylenes is 1. The van der Waals surface area contributed by atoms with Crippen molar-refractivity contribution >= 4 is 27.3 Å². The van der Waals surface area contributed by atoms with Gasteiger partial charge in [0.25, 0.3) is 0 Å². The predicted molar refractivity (Wildman–Crippen MR) is 71.1 cm³/mol. The van der Waals surface area contributed by atoms with Gasteiger partial charge in [-0.2, -0.15) is 0 Å². The van der Waals surface area contributed by atoms with E-state index in [1.54, 1.807) is 11.3 Å². The Bertz CT molecular complexity index is 318. The topological polar surface area (TPSA) is 12.0 Å². The molecule has 0 atom stereocenters. The van der Waals surface area contributed by atoms with Crippen molar-refractivity contribution in [3.05, 3.63) is 20.3 Å². The zero-order chi connectivity index (χ0) is 11.1. The lowest BCUT2D eigenvalue weighted by molar-refractivity contribution is 0.633. The van der Waals surface area contributed by atoms with Crippen molar-refractivity contribution in [2.45, 2.75) is 32.7 Å². The van der Waals surface area contributed by atoms with Gasteiger partial charge >= 0.3 is 0 Å². The first kappa shape index (κ1) is 12.8. The summed E-state index contributed by atoms with van der Waals surface area (Å²) in [4.78, 5) is 1.39. The first-order chi connectivity index (χ1) is 7.24. The summed E-state index contributed by atoms with van der Waals surface area (Å²) in [5.74, 6) is 2.66. The van der Waals surface area contributed by atoms with Gasteiger partial charge in [-0.15, -0.1) is 23.7 Å². The van der Waals surface area contributed by atoms with Crippen LogP contribution in [0.4, 0.5) is 0 Å². The molecule has 0 aliphatic rings. The standard InChI is InChI=1S/C12H16BrNS/c1-3-4-5-6-7-14-9-11-8-10(2)12(13)15-11/h1,8,14H,4-7,9H2,2H3. The summed E-state index contributed by atoms with van der Waals surface area (Å²) in [6.45, 7) is 4.14. The lowest BCUT2D eigenvalue weighted by Crippen LogP contribution is -2.13. The summed E-state index contributed by atoms with van der Waals surface area (Å²) in [5, 5.41) is 3.42. The Kier molecular flexibility index (Phi) is 6.00. The Morgan fingerprint density at radius 3 is 2.93 bits per heavy atom. The van der Waals surface area contributed by atoms with Crippen LogP contribution in [-0.2, 0) is 6.54 Å². The highest BCUT2D eigenvalue weighted by atomic mass is 79.9. The number of hydrogen-bond donors (Lipinski definition) is 1. The van der Waals surface area contributed by atoms with Crippen LogP contribution in [0.2, 0.25) is 0 Å². The first-order valence-electron chi connectivity index (χ1n) is 5.13. The fraction of sp³-hybridized carbons (Fsp3) is 0.500. The van der Waals surface area contributed by atoms with Crippen molar-refractivity contribution in [1.29, 1.82) is 0 Å². The molecule has 0 radical (unpaired) electrons. The molecule has 82 valence electrons. The maximum atomic E-state index is 5.18. The number of rotatable bonds is 6. The molecule has 0 spiro atoms. The van der Waals surface area contributed by atoms with Gasteiger partial charge in [0.2, 0.25) is 0 Å². The van der Waals surface area contributed by atoms with Crippen molar-refractivity contribution in [2.75, 3.05) is 6.54 Å². The highest BCUT2D eigenvalue weighted by molar-refractivity contribution is 9.11. The minimum Gasteiger partial charge on any atom is -0.312 e. The Labute approximate surface area is 104 Å². The molecule has 0 aliphatic heterocycles. The second kappa shape index (κ2) is 7.05.